The summed E-state index contributed by atoms with van der Waals surface area (Å²) in [5.41, 5.74) is 1.31. The Labute approximate surface area is 119 Å². The first-order valence-corrected chi connectivity index (χ1v) is 7.48. The molecule has 2 unspecified atom stereocenters. The van der Waals surface area contributed by atoms with E-state index in [0.717, 1.165) is 25.1 Å². The van der Waals surface area contributed by atoms with Gasteiger partial charge in [-0.3, -0.25) is 4.79 Å². The molecule has 4 nitrogen and oxygen atoms in total. The van der Waals surface area contributed by atoms with Gasteiger partial charge in [-0.25, -0.2) is 0 Å². The highest BCUT2D eigenvalue weighted by Gasteiger charge is 2.27. The van der Waals surface area contributed by atoms with Crippen LogP contribution in [0.5, 0.6) is 5.75 Å². The Kier molecular flexibility index (Phi) is 3.92. The van der Waals surface area contributed by atoms with Gasteiger partial charge in [0, 0.05) is 7.05 Å². The summed E-state index contributed by atoms with van der Waals surface area (Å²) in [7, 11) is 1.69. The number of piperidine rings is 1. The van der Waals surface area contributed by atoms with Gasteiger partial charge in [0.15, 0.2) is 0 Å². The van der Waals surface area contributed by atoms with Gasteiger partial charge in [-0.05, 0) is 55.8 Å². The van der Waals surface area contributed by atoms with Crippen molar-refractivity contribution in [1.82, 2.24) is 10.6 Å². The molecule has 2 atom stereocenters. The lowest BCUT2D eigenvalue weighted by Gasteiger charge is -2.29. The van der Waals surface area contributed by atoms with E-state index in [2.05, 4.69) is 34.9 Å². The molecule has 0 spiro atoms. The van der Waals surface area contributed by atoms with E-state index in [1.165, 1.54) is 18.4 Å². The molecule has 0 bridgehead atoms. The van der Waals surface area contributed by atoms with Crippen LogP contribution in [0.1, 0.15) is 37.2 Å². The van der Waals surface area contributed by atoms with Crippen LogP contribution in [0.3, 0.4) is 0 Å². The fourth-order valence-electron chi connectivity index (χ4n) is 2.79. The standard InChI is InChI=1S/C16H22N2O2/c1-17-16(19)15-10-12(8-9-18-15)11-2-4-13(5-3-11)20-14-6-7-14/h2-5,12,14-15,18H,6-10H2,1H3,(H,17,19). The number of hydrogen-bond acceptors (Lipinski definition) is 3. The molecule has 0 radical (unpaired) electrons. The van der Waals surface area contributed by atoms with Crippen LogP contribution in [0.15, 0.2) is 24.3 Å². The molecule has 20 heavy (non-hydrogen) atoms. The minimum absolute atomic E-state index is 0.0684. The second-order valence-electron chi connectivity index (χ2n) is 5.73. The van der Waals surface area contributed by atoms with E-state index in [-0.39, 0.29) is 11.9 Å². The molecule has 1 aliphatic heterocycles. The molecule has 1 aromatic rings. The molecule has 3 rings (SSSR count). The zero-order valence-corrected chi connectivity index (χ0v) is 11.9. The van der Waals surface area contributed by atoms with E-state index in [1.54, 1.807) is 7.05 Å². The van der Waals surface area contributed by atoms with Crippen molar-refractivity contribution in [2.75, 3.05) is 13.6 Å². The van der Waals surface area contributed by atoms with Crippen LogP contribution in [-0.2, 0) is 4.79 Å². The molecule has 1 amide bonds. The second kappa shape index (κ2) is 5.83. The molecule has 1 aliphatic carbocycles. The Morgan fingerprint density at radius 2 is 2.00 bits per heavy atom. The fraction of sp³-hybridized carbons (Fsp3) is 0.562. The van der Waals surface area contributed by atoms with Crippen LogP contribution in [0.25, 0.3) is 0 Å². The lowest BCUT2D eigenvalue weighted by atomic mass is 9.86. The van der Waals surface area contributed by atoms with E-state index in [0.29, 0.717) is 12.0 Å². The van der Waals surface area contributed by atoms with E-state index in [9.17, 15) is 4.79 Å². The number of benzene rings is 1. The molecule has 1 aromatic carbocycles. The Balaban J connectivity index is 1.63. The quantitative estimate of drug-likeness (QED) is 0.880. The van der Waals surface area contributed by atoms with Gasteiger partial charge in [0.1, 0.15) is 5.75 Å². The lowest BCUT2D eigenvalue weighted by molar-refractivity contribution is -0.123. The van der Waals surface area contributed by atoms with Gasteiger partial charge >= 0.3 is 0 Å². The molecule has 1 heterocycles. The predicted molar refractivity (Wildman–Crippen MR) is 77.9 cm³/mol. The highest BCUT2D eigenvalue weighted by molar-refractivity contribution is 5.81. The smallest absolute Gasteiger partial charge is 0.236 e. The molecule has 1 saturated carbocycles. The van der Waals surface area contributed by atoms with Crippen molar-refractivity contribution in [2.24, 2.45) is 0 Å². The topological polar surface area (TPSA) is 50.4 Å². The molecular weight excluding hydrogens is 252 g/mol. The Morgan fingerprint density at radius 1 is 1.25 bits per heavy atom. The SMILES string of the molecule is CNC(=O)C1CC(c2ccc(OC3CC3)cc2)CCN1. The van der Waals surface area contributed by atoms with Crippen LogP contribution < -0.4 is 15.4 Å². The molecule has 108 valence electrons. The maximum absolute atomic E-state index is 11.7. The third-order valence-electron chi connectivity index (χ3n) is 4.15. The van der Waals surface area contributed by atoms with Crippen molar-refractivity contribution in [1.29, 1.82) is 0 Å². The van der Waals surface area contributed by atoms with Crippen LogP contribution in [0.4, 0.5) is 0 Å². The summed E-state index contributed by atoms with van der Waals surface area (Å²) >= 11 is 0. The van der Waals surface area contributed by atoms with Gasteiger partial charge in [0.25, 0.3) is 0 Å². The third-order valence-corrected chi connectivity index (χ3v) is 4.15. The molecule has 2 N–H and O–H groups in total. The molecule has 2 fully saturated rings. The van der Waals surface area contributed by atoms with Crippen molar-refractivity contribution in [3.05, 3.63) is 29.8 Å². The van der Waals surface area contributed by atoms with Gasteiger partial charge in [-0.2, -0.15) is 0 Å². The summed E-state index contributed by atoms with van der Waals surface area (Å²) in [4.78, 5) is 11.7. The summed E-state index contributed by atoms with van der Waals surface area (Å²) in [6.07, 6.45) is 4.75. The summed E-state index contributed by atoms with van der Waals surface area (Å²) < 4.78 is 5.77. The molecular formula is C16H22N2O2. The predicted octanol–water partition coefficient (Wildman–Crippen LogP) is 1.81. The first-order chi connectivity index (χ1) is 9.76. The monoisotopic (exact) mass is 274 g/mol. The summed E-state index contributed by atoms with van der Waals surface area (Å²) in [5.74, 6) is 1.50. The van der Waals surface area contributed by atoms with Crippen LogP contribution in [-0.4, -0.2) is 31.6 Å². The molecule has 4 heteroatoms. The average molecular weight is 274 g/mol. The van der Waals surface area contributed by atoms with Crippen molar-refractivity contribution in [2.45, 2.75) is 43.7 Å². The number of nitrogens with one attached hydrogen (secondary N) is 2. The molecule has 0 aromatic heterocycles. The average Bonchev–Trinajstić information content (AvgIpc) is 3.31. The van der Waals surface area contributed by atoms with Crippen LogP contribution in [0, 0.1) is 0 Å². The maximum Gasteiger partial charge on any atom is 0.236 e. The Bertz CT molecular complexity index is 468. The van der Waals surface area contributed by atoms with Crippen molar-refractivity contribution in [3.8, 4) is 5.75 Å². The first kappa shape index (κ1) is 13.4. The van der Waals surface area contributed by atoms with Gasteiger partial charge in [-0.15, -0.1) is 0 Å². The number of amides is 1. The van der Waals surface area contributed by atoms with E-state index in [1.807, 2.05) is 0 Å². The normalized spacial score (nSPS) is 26.1. The van der Waals surface area contributed by atoms with Crippen LogP contribution in [0.2, 0.25) is 0 Å². The molecule has 2 aliphatic rings. The number of hydrogen-bond donors (Lipinski definition) is 2. The minimum Gasteiger partial charge on any atom is -0.490 e. The summed E-state index contributed by atoms with van der Waals surface area (Å²) in [6, 6.07) is 8.35. The van der Waals surface area contributed by atoms with Crippen molar-refractivity contribution in [3.63, 3.8) is 0 Å². The Hall–Kier alpha value is -1.55. The van der Waals surface area contributed by atoms with Gasteiger partial charge in [0.05, 0.1) is 12.1 Å². The van der Waals surface area contributed by atoms with Crippen LogP contribution >= 0.6 is 0 Å². The number of carbonyl (C=O) groups is 1. The fourth-order valence-corrected chi connectivity index (χ4v) is 2.79. The number of likely N-dealkylation sites (N-methyl/N-ethyl adjacent to an activating group) is 1. The zero-order valence-electron chi connectivity index (χ0n) is 11.9. The highest BCUT2D eigenvalue weighted by atomic mass is 16.5. The zero-order chi connectivity index (χ0) is 13.9. The minimum atomic E-state index is -0.0684. The number of carbonyl (C=O) groups excluding carboxylic acids is 1. The second-order valence-corrected chi connectivity index (χ2v) is 5.73. The largest absolute Gasteiger partial charge is 0.490 e. The van der Waals surface area contributed by atoms with Gasteiger partial charge < -0.3 is 15.4 Å². The summed E-state index contributed by atoms with van der Waals surface area (Å²) in [6.45, 7) is 0.892. The van der Waals surface area contributed by atoms with Crippen molar-refractivity contribution >= 4 is 5.91 Å². The highest BCUT2D eigenvalue weighted by Crippen LogP contribution is 2.31. The van der Waals surface area contributed by atoms with Crippen molar-refractivity contribution < 1.29 is 9.53 Å². The van der Waals surface area contributed by atoms with E-state index in [4.69, 9.17) is 4.74 Å². The first-order valence-electron chi connectivity index (χ1n) is 7.48. The van der Waals surface area contributed by atoms with Gasteiger partial charge in [0.2, 0.25) is 5.91 Å². The number of ether oxygens (including phenoxy) is 1. The third kappa shape index (κ3) is 3.12. The lowest BCUT2D eigenvalue weighted by Crippen LogP contribution is -2.47. The maximum atomic E-state index is 11.7. The van der Waals surface area contributed by atoms with E-state index < -0.39 is 0 Å². The van der Waals surface area contributed by atoms with Gasteiger partial charge in [-0.1, -0.05) is 12.1 Å². The summed E-state index contributed by atoms with van der Waals surface area (Å²) in [5, 5.41) is 6.00. The van der Waals surface area contributed by atoms with E-state index >= 15 is 0 Å². The Morgan fingerprint density at radius 3 is 2.65 bits per heavy atom. The number of rotatable bonds is 4. The molecule has 1 saturated heterocycles.